The van der Waals surface area contributed by atoms with Crippen LogP contribution in [0.2, 0.25) is 0 Å². The molecule has 0 radical (unpaired) electrons. The summed E-state index contributed by atoms with van der Waals surface area (Å²) in [7, 11) is 2.09. The minimum atomic E-state index is -0.0511. The van der Waals surface area contributed by atoms with Crippen LogP contribution < -0.4 is 5.56 Å². The highest BCUT2D eigenvalue weighted by Crippen LogP contribution is 2.25. The molecule has 2 heterocycles. The van der Waals surface area contributed by atoms with Gasteiger partial charge in [-0.25, -0.2) is 4.98 Å². The van der Waals surface area contributed by atoms with E-state index in [9.17, 15) is 9.59 Å². The van der Waals surface area contributed by atoms with Gasteiger partial charge in [0.15, 0.2) is 0 Å². The molecule has 1 amide bonds. The van der Waals surface area contributed by atoms with Gasteiger partial charge in [0.25, 0.3) is 5.56 Å². The number of carbonyl (C=O) groups excluding carboxylic acids is 1. The first-order chi connectivity index (χ1) is 14.1. The van der Waals surface area contributed by atoms with E-state index < -0.39 is 0 Å². The molecular formula is C23H26N4O2. The van der Waals surface area contributed by atoms with Gasteiger partial charge < -0.3 is 9.80 Å². The van der Waals surface area contributed by atoms with Gasteiger partial charge in [0.2, 0.25) is 5.91 Å². The number of aryl methyl sites for hydroxylation is 1. The molecule has 1 aliphatic rings. The Hall–Kier alpha value is -2.99. The van der Waals surface area contributed by atoms with E-state index in [1.54, 1.807) is 17.0 Å². The standard InChI is InChI=1S/C23H26N4O2/c1-25-14-15-27(21(16-25)18-8-3-2-4-9-18)22(28)12-7-13-26-17-24-20-11-6-5-10-19(20)23(26)29/h2-6,8-11,17,21H,7,12-16H2,1H3. The van der Waals surface area contributed by atoms with E-state index in [0.717, 1.165) is 19.6 Å². The second-order valence-corrected chi connectivity index (χ2v) is 7.64. The van der Waals surface area contributed by atoms with Crippen molar-refractivity contribution in [3.63, 3.8) is 0 Å². The van der Waals surface area contributed by atoms with Crippen molar-refractivity contribution in [1.29, 1.82) is 0 Å². The van der Waals surface area contributed by atoms with Crippen LogP contribution >= 0.6 is 0 Å². The fraction of sp³-hybridized carbons (Fsp3) is 0.348. The average Bonchev–Trinajstić information content (AvgIpc) is 2.76. The SMILES string of the molecule is CN1CCN(C(=O)CCCn2cnc3ccccc3c2=O)C(c2ccccc2)C1. The number of hydrogen-bond donors (Lipinski definition) is 0. The van der Waals surface area contributed by atoms with Gasteiger partial charge in [-0.05, 0) is 31.2 Å². The average molecular weight is 390 g/mol. The number of nitrogens with zero attached hydrogens (tertiary/aromatic N) is 4. The van der Waals surface area contributed by atoms with Crippen LogP contribution in [0.25, 0.3) is 10.9 Å². The summed E-state index contributed by atoms with van der Waals surface area (Å²) in [6.07, 6.45) is 2.62. The Morgan fingerprint density at radius 2 is 1.83 bits per heavy atom. The minimum Gasteiger partial charge on any atom is -0.333 e. The van der Waals surface area contributed by atoms with E-state index >= 15 is 0 Å². The van der Waals surface area contributed by atoms with Crippen LogP contribution in [-0.2, 0) is 11.3 Å². The zero-order valence-electron chi connectivity index (χ0n) is 16.7. The van der Waals surface area contributed by atoms with Crippen LogP contribution in [0.3, 0.4) is 0 Å². The molecule has 6 nitrogen and oxygen atoms in total. The van der Waals surface area contributed by atoms with Crippen molar-refractivity contribution < 1.29 is 4.79 Å². The molecule has 29 heavy (non-hydrogen) atoms. The van der Waals surface area contributed by atoms with Crippen molar-refractivity contribution >= 4 is 16.8 Å². The molecule has 0 spiro atoms. The summed E-state index contributed by atoms with van der Waals surface area (Å²) in [6.45, 7) is 2.94. The largest absolute Gasteiger partial charge is 0.333 e. The second kappa shape index (κ2) is 8.57. The van der Waals surface area contributed by atoms with Crippen molar-refractivity contribution in [2.24, 2.45) is 0 Å². The molecule has 2 aromatic carbocycles. The first-order valence-electron chi connectivity index (χ1n) is 10.1. The van der Waals surface area contributed by atoms with Gasteiger partial charge in [0, 0.05) is 32.6 Å². The molecule has 0 saturated carbocycles. The van der Waals surface area contributed by atoms with Crippen LogP contribution in [0.15, 0.2) is 65.7 Å². The normalized spacial score (nSPS) is 17.6. The lowest BCUT2D eigenvalue weighted by Crippen LogP contribution is -2.49. The highest BCUT2D eigenvalue weighted by Gasteiger charge is 2.29. The van der Waals surface area contributed by atoms with E-state index in [0.29, 0.717) is 30.3 Å². The maximum atomic E-state index is 13.0. The molecule has 3 aromatic rings. The molecule has 4 rings (SSSR count). The Labute approximate surface area is 170 Å². The summed E-state index contributed by atoms with van der Waals surface area (Å²) >= 11 is 0. The van der Waals surface area contributed by atoms with Gasteiger partial charge >= 0.3 is 0 Å². The summed E-state index contributed by atoms with van der Waals surface area (Å²) in [5.41, 5.74) is 1.82. The molecule has 0 aliphatic carbocycles. The summed E-state index contributed by atoms with van der Waals surface area (Å²) in [4.78, 5) is 34.2. The third-order valence-corrected chi connectivity index (χ3v) is 5.61. The maximum absolute atomic E-state index is 13.0. The zero-order valence-corrected chi connectivity index (χ0v) is 16.7. The molecule has 6 heteroatoms. The highest BCUT2D eigenvalue weighted by atomic mass is 16.2. The van der Waals surface area contributed by atoms with Crippen LogP contribution in [0.4, 0.5) is 0 Å². The Morgan fingerprint density at radius 3 is 2.66 bits per heavy atom. The Bertz CT molecular complexity index is 1050. The van der Waals surface area contributed by atoms with Gasteiger partial charge in [-0.15, -0.1) is 0 Å². The molecule has 0 N–H and O–H groups in total. The number of carbonyl (C=O) groups is 1. The summed E-state index contributed by atoms with van der Waals surface area (Å²) in [5, 5.41) is 0.615. The third kappa shape index (κ3) is 4.22. The Morgan fingerprint density at radius 1 is 1.07 bits per heavy atom. The zero-order chi connectivity index (χ0) is 20.2. The summed E-state index contributed by atoms with van der Waals surface area (Å²) in [6, 6.07) is 17.6. The third-order valence-electron chi connectivity index (χ3n) is 5.61. The lowest BCUT2D eigenvalue weighted by molar-refractivity contribution is -0.136. The maximum Gasteiger partial charge on any atom is 0.261 e. The van der Waals surface area contributed by atoms with Gasteiger partial charge in [0.05, 0.1) is 23.3 Å². The fourth-order valence-electron chi connectivity index (χ4n) is 3.99. The number of para-hydroxylation sites is 1. The highest BCUT2D eigenvalue weighted by molar-refractivity contribution is 5.77. The molecule has 1 atom stereocenters. The fourth-order valence-corrected chi connectivity index (χ4v) is 3.99. The van der Waals surface area contributed by atoms with E-state index in [2.05, 4.69) is 29.1 Å². The number of piperazine rings is 1. The lowest BCUT2D eigenvalue weighted by Gasteiger charge is -2.40. The first kappa shape index (κ1) is 19.3. The number of likely N-dealkylation sites (N-methyl/N-ethyl adjacent to an activating group) is 1. The topological polar surface area (TPSA) is 58.4 Å². The smallest absolute Gasteiger partial charge is 0.261 e. The van der Waals surface area contributed by atoms with Crippen LogP contribution in [-0.4, -0.2) is 51.9 Å². The Balaban J connectivity index is 1.42. The van der Waals surface area contributed by atoms with Gasteiger partial charge in [-0.1, -0.05) is 42.5 Å². The van der Waals surface area contributed by atoms with Crippen molar-refractivity contribution in [2.45, 2.75) is 25.4 Å². The molecule has 150 valence electrons. The molecule has 1 unspecified atom stereocenters. The second-order valence-electron chi connectivity index (χ2n) is 7.64. The number of hydrogen-bond acceptors (Lipinski definition) is 4. The quantitative estimate of drug-likeness (QED) is 0.672. The first-order valence-corrected chi connectivity index (χ1v) is 10.1. The minimum absolute atomic E-state index is 0.0511. The van der Waals surface area contributed by atoms with Gasteiger partial charge in [0.1, 0.15) is 0 Å². The van der Waals surface area contributed by atoms with Crippen LogP contribution in [0, 0.1) is 0 Å². The summed E-state index contributed by atoms with van der Waals surface area (Å²) in [5.74, 6) is 0.147. The number of benzene rings is 2. The number of fused-ring (bicyclic) bond motifs is 1. The monoisotopic (exact) mass is 390 g/mol. The van der Waals surface area contributed by atoms with Crippen molar-refractivity contribution in [2.75, 3.05) is 26.7 Å². The Kier molecular flexibility index (Phi) is 5.71. The molecule has 1 fully saturated rings. The van der Waals surface area contributed by atoms with Crippen LogP contribution in [0.5, 0.6) is 0 Å². The van der Waals surface area contributed by atoms with E-state index in [1.165, 1.54) is 5.56 Å². The lowest BCUT2D eigenvalue weighted by atomic mass is 10.0. The summed E-state index contributed by atoms with van der Waals surface area (Å²) < 4.78 is 1.61. The molecule has 0 bridgehead atoms. The van der Waals surface area contributed by atoms with Gasteiger partial charge in [-0.3, -0.25) is 14.2 Å². The number of rotatable bonds is 5. The van der Waals surface area contributed by atoms with E-state index in [1.807, 2.05) is 41.3 Å². The van der Waals surface area contributed by atoms with Crippen molar-refractivity contribution in [3.8, 4) is 0 Å². The van der Waals surface area contributed by atoms with Crippen molar-refractivity contribution in [1.82, 2.24) is 19.4 Å². The molecule has 1 saturated heterocycles. The van der Waals surface area contributed by atoms with Crippen LogP contribution in [0.1, 0.15) is 24.4 Å². The number of aromatic nitrogens is 2. The van der Waals surface area contributed by atoms with Gasteiger partial charge in [-0.2, -0.15) is 0 Å². The van der Waals surface area contributed by atoms with Crippen molar-refractivity contribution in [3.05, 3.63) is 76.8 Å². The molecular weight excluding hydrogens is 364 g/mol. The number of amides is 1. The predicted octanol–water partition coefficient (Wildman–Crippen LogP) is 2.69. The van der Waals surface area contributed by atoms with E-state index in [-0.39, 0.29) is 17.5 Å². The predicted molar refractivity (Wildman–Crippen MR) is 114 cm³/mol. The molecule has 1 aliphatic heterocycles. The van der Waals surface area contributed by atoms with E-state index in [4.69, 9.17) is 0 Å². The molecule has 1 aromatic heterocycles.